The molecule has 1 aliphatic carbocycles. The number of rotatable bonds is 5. The average Bonchev–Trinajstić information content (AvgIpc) is 3.15. The highest BCUT2D eigenvalue weighted by atomic mass is 32.2. The highest BCUT2D eigenvalue weighted by Gasteiger charge is 2.60. The van der Waals surface area contributed by atoms with Gasteiger partial charge in [-0.15, -0.1) is 0 Å². The van der Waals surface area contributed by atoms with Crippen LogP contribution < -0.4 is 0 Å². The molecule has 0 radical (unpaired) electrons. The minimum absolute atomic E-state index is 0.0354. The van der Waals surface area contributed by atoms with E-state index in [9.17, 15) is 36.0 Å². The number of sulfone groups is 1. The third-order valence-electron chi connectivity index (χ3n) is 8.31. The van der Waals surface area contributed by atoms with Crippen LogP contribution in [0.5, 0.6) is 0 Å². The monoisotopic (exact) mass is 586 g/mol. The van der Waals surface area contributed by atoms with Crippen LogP contribution in [0.3, 0.4) is 0 Å². The van der Waals surface area contributed by atoms with E-state index >= 15 is 0 Å². The lowest BCUT2D eigenvalue weighted by molar-refractivity contribution is -0.147. The highest BCUT2D eigenvalue weighted by Crippen LogP contribution is 2.57. The number of ether oxygens (including phenoxy) is 1. The lowest BCUT2D eigenvalue weighted by Gasteiger charge is -2.32. The van der Waals surface area contributed by atoms with Crippen molar-refractivity contribution in [2.75, 3.05) is 30.9 Å². The Morgan fingerprint density at radius 2 is 1.87 bits per heavy atom. The van der Waals surface area contributed by atoms with Crippen LogP contribution in [0.2, 0.25) is 0 Å². The zero-order valence-corrected chi connectivity index (χ0v) is 24.2. The maximum atomic E-state index is 14.0. The second-order valence-electron chi connectivity index (χ2n) is 11.4. The van der Waals surface area contributed by atoms with Crippen molar-refractivity contribution in [3.8, 4) is 0 Å². The molecule has 0 unspecified atom stereocenters. The number of sulfonamides is 1. The van der Waals surface area contributed by atoms with Gasteiger partial charge in [-0.25, -0.2) is 16.8 Å². The van der Waals surface area contributed by atoms with Gasteiger partial charge in [0.25, 0.3) is 0 Å². The third kappa shape index (κ3) is 6.79. The molecule has 3 heterocycles. The summed E-state index contributed by atoms with van der Waals surface area (Å²) in [7, 11) is -7.23. The van der Waals surface area contributed by atoms with Gasteiger partial charge in [-0.3, -0.25) is 19.2 Å². The van der Waals surface area contributed by atoms with Gasteiger partial charge < -0.3 is 9.64 Å². The van der Waals surface area contributed by atoms with Crippen molar-refractivity contribution in [2.45, 2.75) is 82.9 Å². The molecule has 218 valence electrons. The van der Waals surface area contributed by atoms with E-state index in [4.69, 9.17) is 4.74 Å². The van der Waals surface area contributed by atoms with Gasteiger partial charge in [0.2, 0.25) is 15.9 Å². The van der Waals surface area contributed by atoms with Crippen molar-refractivity contribution in [1.82, 2.24) is 9.21 Å². The number of carbonyl (C=O) groups is 4. The third-order valence-corrected chi connectivity index (χ3v) is 11.1. The Morgan fingerprint density at radius 1 is 1.13 bits per heavy atom. The van der Waals surface area contributed by atoms with Crippen LogP contribution in [0.1, 0.15) is 64.7 Å². The number of ketones is 2. The van der Waals surface area contributed by atoms with Gasteiger partial charge in [0.1, 0.15) is 17.9 Å². The molecule has 13 heteroatoms. The number of fused-ring (bicyclic) bond motifs is 2. The summed E-state index contributed by atoms with van der Waals surface area (Å²) in [5, 5.41) is 0. The Balaban J connectivity index is 1.68. The number of hydrogen-bond donors (Lipinski definition) is 0. The Bertz CT molecular complexity index is 1260. The van der Waals surface area contributed by atoms with Crippen LogP contribution in [0.25, 0.3) is 0 Å². The molecule has 4 rings (SSSR count). The molecule has 0 N–H and O–H groups in total. The second kappa shape index (κ2) is 11.4. The lowest BCUT2D eigenvalue weighted by atomic mass is 9.88. The Morgan fingerprint density at radius 3 is 2.51 bits per heavy atom. The number of carbonyl (C=O) groups excluding carboxylic acids is 4. The van der Waals surface area contributed by atoms with Crippen LogP contribution in [0.4, 0.5) is 0 Å². The lowest BCUT2D eigenvalue weighted by Crippen LogP contribution is -2.52. The first kappa shape index (κ1) is 29.9. The fourth-order valence-electron chi connectivity index (χ4n) is 6.31. The van der Waals surface area contributed by atoms with E-state index < -0.39 is 72.7 Å². The Hall–Kier alpha value is -2.12. The standard InChI is InChI=1S/C26H38N2O9S2/c1-18(29)37-20-13-22-23(30)15-26(24(31)17-38(2,33)34)14-19(26)9-6-4-3-5-7-10-21(25(32)27(22)16-20)28-11-8-12-39(28,35)36/h6,9,19-22H,3-5,7-8,10-17H2,1-2H3/b9-6-/t19-,20-,21+,22+,26-/m1/s1. The first-order chi connectivity index (χ1) is 18.2. The number of nitrogens with zero attached hydrogens (tertiary/aromatic N) is 2. The molecule has 3 aliphatic heterocycles. The smallest absolute Gasteiger partial charge is 0.302 e. The van der Waals surface area contributed by atoms with Crippen molar-refractivity contribution < 1.29 is 40.8 Å². The Kier molecular flexibility index (Phi) is 8.73. The molecular weight excluding hydrogens is 548 g/mol. The molecule has 0 aromatic carbocycles. The van der Waals surface area contributed by atoms with Gasteiger partial charge in [0.15, 0.2) is 21.4 Å². The fraction of sp³-hybridized carbons (Fsp3) is 0.769. The van der Waals surface area contributed by atoms with Gasteiger partial charge >= 0.3 is 5.97 Å². The zero-order valence-electron chi connectivity index (χ0n) is 22.5. The van der Waals surface area contributed by atoms with E-state index in [0.717, 1.165) is 25.5 Å². The first-order valence-electron chi connectivity index (χ1n) is 13.6. The van der Waals surface area contributed by atoms with Crippen LogP contribution in [0, 0.1) is 11.3 Å². The van der Waals surface area contributed by atoms with Crippen molar-refractivity contribution in [2.24, 2.45) is 11.3 Å². The van der Waals surface area contributed by atoms with Crippen molar-refractivity contribution in [1.29, 1.82) is 0 Å². The van der Waals surface area contributed by atoms with Crippen LogP contribution in [-0.2, 0) is 43.8 Å². The van der Waals surface area contributed by atoms with Crippen molar-refractivity contribution >= 4 is 43.3 Å². The van der Waals surface area contributed by atoms with Gasteiger partial charge in [0, 0.05) is 38.0 Å². The van der Waals surface area contributed by atoms with Gasteiger partial charge in [-0.2, -0.15) is 4.31 Å². The highest BCUT2D eigenvalue weighted by molar-refractivity contribution is 7.91. The number of esters is 1. The van der Waals surface area contributed by atoms with Crippen LogP contribution >= 0.6 is 0 Å². The van der Waals surface area contributed by atoms with Gasteiger partial charge in [-0.05, 0) is 38.0 Å². The van der Waals surface area contributed by atoms with E-state index in [1.54, 1.807) is 0 Å². The zero-order chi connectivity index (χ0) is 28.6. The van der Waals surface area contributed by atoms with Crippen LogP contribution in [0.15, 0.2) is 12.2 Å². The molecule has 2 saturated heterocycles. The summed E-state index contributed by atoms with van der Waals surface area (Å²) < 4.78 is 56.1. The minimum Gasteiger partial charge on any atom is -0.461 e. The SMILES string of the molecule is CC(=O)O[C@@H]1C[C@H]2C(=O)C[C@]3(C(=O)CS(C)(=O)=O)C[C@H]3/C=C\CCCCC[C@H](N3CCCS3(=O)=O)C(=O)N2C1. The summed E-state index contributed by atoms with van der Waals surface area (Å²) in [6, 6.07) is -1.97. The predicted molar refractivity (Wildman–Crippen MR) is 142 cm³/mol. The number of amides is 1. The van der Waals surface area contributed by atoms with E-state index in [2.05, 4.69) is 0 Å². The molecule has 3 fully saturated rings. The molecule has 39 heavy (non-hydrogen) atoms. The topological polar surface area (TPSA) is 152 Å². The molecule has 1 amide bonds. The molecule has 0 bridgehead atoms. The van der Waals surface area contributed by atoms with Crippen molar-refractivity contribution in [3.05, 3.63) is 12.2 Å². The summed E-state index contributed by atoms with van der Waals surface area (Å²) >= 11 is 0. The van der Waals surface area contributed by atoms with Crippen molar-refractivity contribution in [3.63, 3.8) is 0 Å². The number of allylic oxidation sites excluding steroid dienone is 2. The maximum absolute atomic E-state index is 14.0. The molecule has 0 aromatic heterocycles. The van der Waals surface area contributed by atoms with Gasteiger partial charge in [0.05, 0.1) is 18.3 Å². The quantitative estimate of drug-likeness (QED) is 0.340. The van der Waals surface area contributed by atoms with E-state index in [-0.39, 0.29) is 37.6 Å². The molecule has 4 aliphatic rings. The predicted octanol–water partition coefficient (Wildman–Crippen LogP) is 1.02. The number of Topliss-reactive ketones (excluding diaryl/α,β-unsaturated/α-hetero) is 2. The molecule has 11 nitrogen and oxygen atoms in total. The Labute approximate surface area is 230 Å². The summed E-state index contributed by atoms with van der Waals surface area (Å²) in [5.41, 5.74) is -1.15. The molecule has 1 saturated carbocycles. The second-order valence-corrected chi connectivity index (χ2v) is 15.6. The molecular formula is C26H38N2O9S2. The maximum Gasteiger partial charge on any atom is 0.302 e. The van der Waals surface area contributed by atoms with E-state index in [0.29, 0.717) is 25.7 Å². The largest absolute Gasteiger partial charge is 0.461 e. The summed E-state index contributed by atoms with van der Waals surface area (Å²) in [6.45, 7) is 1.41. The van der Waals surface area contributed by atoms with E-state index in [1.807, 2.05) is 12.2 Å². The molecule has 0 spiro atoms. The number of hydrogen-bond acceptors (Lipinski definition) is 9. The first-order valence-corrected chi connectivity index (χ1v) is 17.3. The fourth-order valence-corrected chi connectivity index (χ4v) is 8.80. The summed E-state index contributed by atoms with van der Waals surface area (Å²) in [5.74, 6) is -2.94. The minimum atomic E-state index is -3.62. The van der Waals surface area contributed by atoms with Crippen LogP contribution in [-0.4, -0.2) is 98.5 Å². The summed E-state index contributed by atoms with van der Waals surface area (Å²) in [6.07, 6.45) is 7.91. The average molecular weight is 587 g/mol. The van der Waals surface area contributed by atoms with Gasteiger partial charge in [-0.1, -0.05) is 25.0 Å². The summed E-state index contributed by atoms with van der Waals surface area (Å²) in [4.78, 5) is 54.0. The molecule has 0 aromatic rings. The molecule has 5 atom stereocenters. The normalized spacial score (nSPS) is 34.9. The van der Waals surface area contributed by atoms with E-state index in [1.165, 1.54) is 16.1 Å².